The Morgan fingerprint density at radius 1 is 0.754 bits per heavy atom. The van der Waals surface area contributed by atoms with Gasteiger partial charge >= 0.3 is 5.97 Å². The molecular formula is C88H132N12O22. The third kappa shape index (κ3) is 30.3. The number of hydrogen-bond acceptors (Lipinski definition) is 30. The van der Waals surface area contributed by atoms with Crippen molar-refractivity contribution in [1.29, 1.82) is 0 Å². The molecule has 34 heteroatoms. The van der Waals surface area contributed by atoms with E-state index in [1.165, 1.54) is 18.3 Å². The molecule has 9 rings (SSSR count). The number of hydrogen-bond donors (Lipinski definition) is 5. The number of carbonyl (C=O) groups is 6. The smallest absolute Gasteiger partial charge is 0.329 e. The van der Waals surface area contributed by atoms with Crippen LogP contribution >= 0.6 is 0 Å². The van der Waals surface area contributed by atoms with Gasteiger partial charge in [-0.3, -0.25) is 24.0 Å². The number of ether oxygens (including phenoxy) is 13. The van der Waals surface area contributed by atoms with Gasteiger partial charge in [0.2, 0.25) is 11.7 Å². The molecule has 676 valence electrons. The molecule has 2 saturated heterocycles. The van der Waals surface area contributed by atoms with Gasteiger partial charge in [-0.1, -0.05) is 81.9 Å². The fraction of sp³-hybridized carbons (Fsp3) is 0.682. The fourth-order valence-corrected chi connectivity index (χ4v) is 15.9. The number of fused-ring (bicyclic) bond motifs is 5. The minimum Gasteiger partial charge on any atom is -0.460 e. The summed E-state index contributed by atoms with van der Waals surface area (Å²) >= 11 is 0. The first-order valence-corrected chi connectivity index (χ1v) is 43.4. The highest BCUT2D eigenvalue weighted by Gasteiger charge is 2.53. The van der Waals surface area contributed by atoms with Crippen LogP contribution in [0.1, 0.15) is 157 Å². The van der Waals surface area contributed by atoms with Crippen LogP contribution in [0.3, 0.4) is 0 Å². The molecule has 0 unspecified atom stereocenters. The van der Waals surface area contributed by atoms with Gasteiger partial charge in [0, 0.05) is 70.0 Å². The van der Waals surface area contributed by atoms with E-state index in [2.05, 4.69) is 30.6 Å². The van der Waals surface area contributed by atoms with Crippen LogP contribution in [0.15, 0.2) is 82.7 Å². The molecule has 4 aromatic heterocycles. The highest BCUT2D eigenvalue weighted by Crippen LogP contribution is 2.39. The van der Waals surface area contributed by atoms with Crippen LogP contribution in [-0.2, 0) is 110 Å². The molecule has 1 aromatic carbocycles. The second kappa shape index (κ2) is 51.3. The van der Waals surface area contributed by atoms with E-state index in [0.717, 1.165) is 30.4 Å². The summed E-state index contributed by atoms with van der Waals surface area (Å²) in [6.07, 6.45) is 18.3. The number of unbranched alkanes of at least 4 members (excludes halogenated alkanes) is 1. The van der Waals surface area contributed by atoms with E-state index in [1.807, 2.05) is 76.4 Å². The largest absolute Gasteiger partial charge is 0.460 e. The Morgan fingerprint density at radius 2 is 1.45 bits per heavy atom. The summed E-state index contributed by atoms with van der Waals surface area (Å²) in [6, 6.07) is 4.41. The van der Waals surface area contributed by atoms with E-state index in [4.69, 9.17) is 82.6 Å². The third-order valence-electron chi connectivity index (χ3n) is 23.0. The fourth-order valence-electron chi connectivity index (χ4n) is 15.9. The van der Waals surface area contributed by atoms with Crippen LogP contribution in [0.2, 0.25) is 0 Å². The van der Waals surface area contributed by atoms with Gasteiger partial charge in [-0.15, -0.1) is 5.10 Å². The lowest BCUT2D eigenvalue weighted by Gasteiger charge is -2.42. The molecular weight excluding hydrogens is 1580 g/mol. The maximum atomic E-state index is 14.7. The first-order valence-electron chi connectivity index (χ1n) is 43.4. The number of piperidine rings is 1. The number of Topliss-reactive ketones (excluding diaryl/α,β-unsaturated/α-hetero) is 3. The number of nitrogens with one attached hydrogen (secondary N) is 1. The number of aromatic nitrogens is 8. The van der Waals surface area contributed by atoms with Gasteiger partial charge in [0.25, 0.3) is 17.7 Å². The Bertz CT molecular complexity index is 4200. The number of nitrogen functional groups attached to an aromatic ring is 2. The SMILES string of the molecule is CO[C@@H]1C[C@H](C[C@@H](C)[C@@H]2CC(=O)[C@H](C)/C=C(\C)[C@@H](O)[C@@H](OC)C(=O)[C@H](C)C[C@H](C)/C=C/C=C/C=C(\C)CC[C@@H]3CC[C@@H](C)[C@@](O)(O3)C(=O)C(=O)N3CCCC[C@H]3C(=O)O2)CC[C@H]1OCCOCc1cn(CCOCCOCCOCCOCCOCCOCCOCCC(=O)NCCCCn2nc(-c3ccc4oc(N)nc4c3)c3c(N)ncnc32)nn1. The number of amides is 2. The molecule has 14 atom stereocenters. The van der Waals surface area contributed by atoms with Gasteiger partial charge < -0.3 is 97.9 Å². The van der Waals surface area contributed by atoms with Crippen LogP contribution in [0.5, 0.6) is 0 Å². The van der Waals surface area contributed by atoms with Gasteiger partial charge in [0.05, 0.1) is 149 Å². The maximum Gasteiger partial charge on any atom is 0.329 e. The molecule has 34 nitrogen and oxygen atoms in total. The Hall–Kier alpha value is -8.20. The van der Waals surface area contributed by atoms with Crippen LogP contribution in [0.25, 0.3) is 33.4 Å². The van der Waals surface area contributed by atoms with E-state index in [-0.39, 0.29) is 92.5 Å². The molecule has 0 radical (unpaired) electrons. The molecule has 3 aliphatic heterocycles. The number of aliphatic hydroxyl groups is 2. The lowest BCUT2D eigenvalue weighted by Crippen LogP contribution is -2.60. The van der Waals surface area contributed by atoms with Crippen molar-refractivity contribution in [2.45, 2.75) is 219 Å². The van der Waals surface area contributed by atoms with E-state index in [9.17, 15) is 39.0 Å². The zero-order valence-electron chi connectivity index (χ0n) is 72.8. The molecule has 2 bridgehead atoms. The van der Waals surface area contributed by atoms with Crippen molar-refractivity contribution in [3.8, 4) is 11.3 Å². The van der Waals surface area contributed by atoms with Crippen LogP contribution in [-0.4, -0.2) is 271 Å². The summed E-state index contributed by atoms with van der Waals surface area (Å²) in [7, 11) is 3.04. The third-order valence-corrected chi connectivity index (χ3v) is 23.0. The van der Waals surface area contributed by atoms with Gasteiger partial charge in [0.1, 0.15) is 59.2 Å². The standard InChI is InChI=1S/C88H132N12O22/c1-58-17-11-10-12-18-59(2)49-62(5)79(103)81(110-9)80(104)63(6)50-60(3)71(101)54-74(120-86(107)70-19-13-15-30-99(70)85(106)82(105)88(108)64(7)21-25-68(122-88)24-20-58)61(4)51-65-22-26-73(75(52-65)109-8)119-48-47-118-56-67-55-98(97-95-67)32-34-112-36-38-114-40-42-116-44-46-117-45-43-115-41-39-113-37-35-111-33-28-76(102)91-29-14-16-31-100-84-77(83(89)92-57-93-84)78(96-100)66-23-27-72-69(53-66)94-87(90)121-72/h10-12,17-18,23,27,50,53,55,57,59-62,64-65,68,70,73-75,80-81,104,108H,13-16,19-22,24-26,28-49,51-52,54,56H2,1-9H3,(H2,90,94)(H,91,102)(H2,89,92,93)/b11-10+,18-12+,58-17+,63-50+/t59-,60-,61-,62-,64-,65+,68-,70+,73-,74+,75-,80-,81+,88-/m1/s1. The topological polar surface area (TPSA) is 431 Å². The number of cyclic esters (lactones) is 1. The number of aryl methyl sites for hydroxylation is 1. The highest BCUT2D eigenvalue weighted by molar-refractivity contribution is 6.39. The number of ketones is 3. The zero-order valence-corrected chi connectivity index (χ0v) is 72.8. The van der Waals surface area contributed by atoms with Gasteiger partial charge in [-0.05, 0) is 145 Å². The number of oxazole rings is 1. The predicted molar refractivity (Wildman–Crippen MR) is 452 cm³/mol. The first-order chi connectivity index (χ1) is 58.9. The Balaban J connectivity index is 0.594. The number of esters is 1. The minimum atomic E-state index is -2.40. The average Bonchev–Trinajstić information content (AvgIpc) is 1.60. The summed E-state index contributed by atoms with van der Waals surface area (Å²) in [4.78, 5) is 98.4. The number of methoxy groups -OCH3 is 2. The van der Waals surface area contributed by atoms with Crippen molar-refractivity contribution in [1.82, 2.24) is 49.9 Å². The molecule has 122 heavy (non-hydrogen) atoms. The Labute approximate surface area is 715 Å². The van der Waals surface area contributed by atoms with Crippen molar-refractivity contribution < 1.29 is 105 Å². The number of benzene rings is 1. The molecule has 4 aliphatic rings. The number of rotatable bonds is 41. The number of allylic oxidation sites excluding steroid dienone is 7. The molecule has 0 spiro atoms. The number of nitrogens with two attached hydrogens (primary N) is 2. The minimum absolute atomic E-state index is 0.0218. The van der Waals surface area contributed by atoms with Gasteiger partial charge in [-0.25, -0.2) is 24.1 Å². The van der Waals surface area contributed by atoms with E-state index < -0.39 is 71.7 Å². The second-order valence-corrected chi connectivity index (χ2v) is 32.5. The lowest BCUT2D eigenvalue weighted by molar-refractivity contribution is -0.263. The molecule has 7 N–H and O–H groups in total. The summed E-state index contributed by atoms with van der Waals surface area (Å²) in [5, 5.41) is 40.5. The second-order valence-electron chi connectivity index (χ2n) is 32.5. The van der Waals surface area contributed by atoms with Gasteiger partial charge in [0.15, 0.2) is 17.0 Å². The molecule has 5 aromatic rings. The predicted octanol–water partition coefficient (Wildman–Crippen LogP) is 8.60. The molecule has 2 amide bonds. The first kappa shape index (κ1) is 97.6. The number of anilines is 2. The van der Waals surface area contributed by atoms with Crippen LogP contribution in [0.4, 0.5) is 11.8 Å². The summed E-state index contributed by atoms with van der Waals surface area (Å²) in [5.41, 5.74) is 17.3. The van der Waals surface area contributed by atoms with E-state index in [0.29, 0.717) is 228 Å². The molecule has 1 aliphatic carbocycles. The van der Waals surface area contributed by atoms with Crippen molar-refractivity contribution in [3.05, 3.63) is 84.0 Å². The van der Waals surface area contributed by atoms with Gasteiger partial charge in [-0.2, -0.15) is 10.1 Å². The molecule has 7 heterocycles. The Morgan fingerprint density at radius 3 is 2.16 bits per heavy atom. The average molecular weight is 1710 g/mol. The summed E-state index contributed by atoms with van der Waals surface area (Å²) < 4.78 is 84.8. The van der Waals surface area contributed by atoms with Crippen molar-refractivity contribution in [2.75, 3.05) is 144 Å². The summed E-state index contributed by atoms with van der Waals surface area (Å²) in [5.74, 6) is -7.76. The normalized spacial score (nSPS) is 26.5. The zero-order chi connectivity index (χ0) is 87.3. The van der Waals surface area contributed by atoms with E-state index >= 15 is 0 Å². The van der Waals surface area contributed by atoms with Crippen molar-refractivity contribution in [3.63, 3.8) is 0 Å². The lowest BCUT2D eigenvalue weighted by atomic mass is 9.78. The van der Waals surface area contributed by atoms with E-state index in [1.54, 1.807) is 49.4 Å². The van der Waals surface area contributed by atoms with Crippen molar-refractivity contribution in [2.24, 2.45) is 35.5 Å². The molecule has 3 fully saturated rings. The maximum absolute atomic E-state index is 14.7. The quantitative estimate of drug-likeness (QED) is 0.0106. The monoisotopic (exact) mass is 1710 g/mol. The number of carbonyl (C=O) groups excluding carboxylic acids is 6. The number of nitrogens with zero attached hydrogens (tertiary/aromatic N) is 9. The van der Waals surface area contributed by atoms with Crippen molar-refractivity contribution >= 4 is 69.1 Å². The summed E-state index contributed by atoms with van der Waals surface area (Å²) in [6.45, 7) is 20.9. The highest BCUT2D eigenvalue weighted by atomic mass is 16.6. The van der Waals surface area contributed by atoms with Crippen LogP contribution < -0.4 is 16.8 Å². The molecule has 1 saturated carbocycles. The number of aliphatic hydroxyl groups excluding tert-OH is 1. The Kier molecular flexibility index (Phi) is 41.0. The van der Waals surface area contributed by atoms with Crippen LogP contribution in [0, 0.1) is 35.5 Å².